The molecule has 2 fully saturated rings. The Morgan fingerprint density at radius 3 is 2.04 bits per heavy atom. The van der Waals surface area contributed by atoms with E-state index in [0.29, 0.717) is 11.9 Å². The van der Waals surface area contributed by atoms with Gasteiger partial charge in [-0.25, -0.2) is 0 Å². The zero-order valence-corrected chi connectivity index (χ0v) is 13.3. The predicted octanol–water partition coefficient (Wildman–Crippen LogP) is 3.06. The van der Waals surface area contributed by atoms with Crippen LogP contribution in [0.3, 0.4) is 0 Å². The summed E-state index contributed by atoms with van der Waals surface area (Å²) in [4.78, 5) is 17.0. The molecule has 0 aliphatic carbocycles. The predicted molar refractivity (Wildman–Crippen MR) is 90.7 cm³/mol. The summed E-state index contributed by atoms with van der Waals surface area (Å²) in [7, 11) is 0. The van der Waals surface area contributed by atoms with Crippen LogP contribution in [0.1, 0.15) is 24.0 Å². The van der Waals surface area contributed by atoms with Crippen LogP contribution in [0, 0.1) is 0 Å². The standard InChI is InChI=1S/C20H22N2O/c23-20-19(18-12-7-13-22(18)20)21(14-16-8-3-1-4-9-16)15-17-10-5-2-6-11-17/h1-6,8-11,18-19H,7,12-15H2/t18-,19-/m0/s1. The van der Waals surface area contributed by atoms with Crippen LogP contribution < -0.4 is 0 Å². The van der Waals surface area contributed by atoms with E-state index in [9.17, 15) is 4.79 Å². The minimum Gasteiger partial charge on any atom is -0.336 e. The van der Waals surface area contributed by atoms with Crippen molar-refractivity contribution in [3.8, 4) is 0 Å². The summed E-state index contributed by atoms with van der Waals surface area (Å²) in [6, 6.07) is 21.4. The van der Waals surface area contributed by atoms with E-state index in [4.69, 9.17) is 0 Å². The minimum absolute atomic E-state index is 0.0536. The number of carbonyl (C=O) groups is 1. The number of carbonyl (C=O) groups excluding carboxylic acids is 1. The third kappa shape index (κ3) is 2.77. The van der Waals surface area contributed by atoms with Gasteiger partial charge in [-0.2, -0.15) is 0 Å². The number of fused-ring (bicyclic) bond motifs is 1. The lowest BCUT2D eigenvalue weighted by Gasteiger charge is -2.48. The largest absolute Gasteiger partial charge is 0.336 e. The summed E-state index contributed by atoms with van der Waals surface area (Å²) in [5.41, 5.74) is 2.54. The van der Waals surface area contributed by atoms with E-state index in [-0.39, 0.29) is 6.04 Å². The van der Waals surface area contributed by atoms with Crippen LogP contribution in [0.2, 0.25) is 0 Å². The van der Waals surface area contributed by atoms with Gasteiger partial charge in [-0.3, -0.25) is 9.69 Å². The molecule has 1 amide bonds. The van der Waals surface area contributed by atoms with Gasteiger partial charge in [0.25, 0.3) is 0 Å². The highest BCUT2D eigenvalue weighted by molar-refractivity contribution is 5.89. The lowest BCUT2D eigenvalue weighted by atomic mass is 9.93. The van der Waals surface area contributed by atoms with Gasteiger partial charge in [0.15, 0.2) is 0 Å². The average Bonchev–Trinajstić information content (AvgIpc) is 3.01. The molecule has 2 atom stereocenters. The fourth-order valence-electron chi connectivity index (χ4n) is 3.93. The third-order valence-corrected chi connectivity index (χ3v) is 5.05. The highest BCUT2D eigenvalue weighted by Crippen LogP contribution is 2.35. The number of hydrogen-bond acceptors (Lipinski definition) is 2. The van der Waals surface area contributed by atoms with Gasteiger partial charge in [0, 0.05) is 19.6 Å². The average molecular weight is 306 g/mol. The minimum atomic E-state index is 0.0536. The summed E-state index contributed by atoms with van der Waals surface area (Å²) < 4.78 is 0. The van der Waals surface area contributed by atoms with Gasteiger partial charge < -0.3 is 4.90 Å². The molecular formula is C20H22N2O. The first kappa shape index (κ1) is 14.5. The normalized spacial score (nSPS) is 23.0. The third-order valence-electron chi connectivity index (χ3n) is 5.05. The number of benzene rings is 2. The van der Waals surface area contributed by atoms with E-state index >= 15 is 0 Å². The van der Waals surface area contributed by atoms with Crippen molar-refractivity contribution in [2.24, 2.45) is 0 Å². The van der Waals surface area contributed by atoms with E-state index < -0.39 is 0 Å². The summed E-state index contributed by atoms with van der Waals surface area (Å²) in [5, 5.41) is 0. The van der Waals surface area contributed by atoms with E-state index in [0.717, 1.165) is 32.5 Å². The molecule has 23 heavy (non-hydrogen) atoms. The molecule has 0 saturated carbocycles. The molecule has 0 unspecified atom stereocenters. The number of rotatable bonds is 5. The summed E-state index contributed by atoms with van der Waals surface area (Å²) in [6.45, 7) is 2.61. The molecule has 2 aromatic rings. The molecule has 0 radical (unpaired) electrons. The van der Waals surface area contributed by atoms with Crippen LogP contribution in [0.25, 0.3) is 0 Å². The van der Waals surface area contributed by atoms with Crippen molar-refractivity contribution in [2.75, 3.05) is 6.54 Å². The van der Waals surface area contributed by atoms with Crippen molar-refractivity contribution < 1.29 is 4.79 Å². The number of nitrogens with zero attached hydrogens (tertiary/aromatic N) is 2. The Hall–Kier alpha value is -2.13. The molecular weight excluding hydrogens is 284 g/mol. The maximum absolute atomic E-state index is 12.5. The highest BCUT2D eigenvalue weighted by atomic mass is 16.2. The Morgan fingerprint density at radius 2 is 1.48 bits per heavy atom. The quantitative estimate of drug-likeness (QED) is 0.793. The Labute approximate surface area is 137 Å². The Kier molecular flexibility index (Phi) is 3.88. The first-order valence-corrected chi connectivity index (χ1v) is 8.45. The van der Waals surface area contributed by atoms with Crippen molar-refractivity contribution in [3.05, 3.63) is 71.8 Å². The van der Waals surface area contributed by atoms with Gasteiger partial charge >= 0.3 is 0 Å². The van der Waals surface area contributed by atoms with Gasteiger partial charge in [-0.05, 0) is 24.0 Å². The second-order valence-corrected chi connectivity index (χ2v) is 6.56. The first-order valence-electron chi connectivity index (χ1n) is 8.45. The summed E-state index contributed by atoms with van der Waals surface area (Å²) in [6.07, 6.45) is 2.30. The van der Waals surface area contributed by atoms with Gasteiger partial charge in [-0.15, -0.1) is 0 Å². The Balaban J connectivity index is 1.57. The Bertz CT molecular complexity index is 629. The van der Waals surface area contributed by atoms with Gasteiger partial charge in [0.05, 0.1) is 6.04 Å². The lowest BCUT2D eigenvalue weighted by Crippen LogP contribution is -2.67. The van der Waals surface area contributed by atoms with Gasteiger partial charge in [0.2, 0.25) is 5.91 Å². The topological polar surface area (TPSA) is 23.6 Å². The van der Waals surface area contributed by atoms with E-state index in [1.165, 1.54) is 11.1 Å². The molecule has 2 saturated heterocycles. The Morgan fingerprint density at radius 1 is 0.913 bits per heavy atom. The highest BCUT2D eigenvalue weighted by Gasteiger charge is 2.51. The van der Waals surface area contributed by atoms with Crippen molar-refractivity contribution >= 4 is 5.91 Å². The molecule has 118 valence electrons. The van der Waals surface area contributed by atoms with E-state index in [2.05, 4.69) is 58.3 Å². The zero-order chi connectivity index (χ0) is 15.6. The molecule has 0 N–H and O–H groups in total. The van der Waals surface area contributed by atoms with Crippen LogP contribution in [-0.2, 0) is 17.9 Å². The second kappa shape index (κ2) is 6.17. The van der Waals surface area contributed by atoms with Crippen molar-refractivity contribution in [2.45, 2.75) is 38.0 Å². The fraction of sp³-hybridized carbons (Fsp3) is 0.350. The molecule has 3 nitrogen and oxygen atoms in total. The van der Waals surface area contributed by atoms with Crippen LogP contribution in [0.15, 0.2) is 60.7 Å². The monoisotopic (exact) mass is 306 g/mol. The van der Waals surface area contributed by atoms with Crippen molar-refractivity contribution in [1.29, 1.82) is 0 Å². The lowest BCUT2D eigenvalue weighted by molar-refractivity contribution is -0.156. The SMILES string of the molecule is O=C1[C@@H](N(Cc2ccccc2)Cc2ccccc2)[C@@H]2CCCN12. The molecule has 0 spiro atoms. The smallest absolute Gasteiger partial charge is 0.242 e. The number of hydrogen-bond donors (Lipinski definition) is 0. The second-order valence-electron chi connectivity index (χ2n) is 6.56. The molecule has 2 aliphatic rings. The van der Waals surface area contributed by atoms with Crippen molar-refractivity contribution in [3.63, 3.8) is 0 Å². The first-order chi connectivity index (χ1) is 11.3. The van der Waals surface area contributed by atoms with Crippen molar-refractivity contribution in [1.82, 2.24) is 9.80 Å². The van der Waals surface area contributed by atoms with Crippen LogP contribution >= 0.6 is 0 Å². The molecule has 2 aliphatic heterocycles. The molecule has 0 bridgehead atoms. The zero-order valence-electron chi connectivity index (χ0n) is 13.3. The molecule has 2 aromatic carbocycles. The molecule has 0 aromatic heterocycles. The maximum atomic E-state index is 12.5. The van der Waals surface area contributed by atoms with Crippen LogP contribution in [0.5, 0.6) is 0 Å². The fourth-order valence-corrected chi connectivity index (χ4v) is 3.93. The molecule has 3 heteroatoms. The van der Waals surface area contributed by atoms with Crippen LogP contribution in [0.4, 0.5) is 0 Å². The summed E-state index contributed by atoms with van der Waals surface area (Å²) >= 11 is 0. The van der Waals surface area contributed by atoms with Gasteiger partial charge in [0.1, 0.15) is 6.04 Å². The van der Waals surface area contributed by atoms with Crippen LogP contribution in [-0.4, -0.2) is 34.3 Å². The number of amides is 1. The molecule has 2 heterocycles. The molecule has 4 rings (SSSR count). The van der Waals surface area contributed by atoms with E-state index in [1.54, 1.807) is 0 Å². The van der Waals surface area contributed by atoms with Gasteiger partial charge in [-0.1, -0.05) is 60.7 Å². The van der Waals surface area contributed by atoms with E-state index in [1.807, 2.05) is 12.1 Å². The number of β-lactam (4-membered cyclic amide) rings is 1. The maximum Gasteiger partial charge on any atom is 0.242 e. The summed E-state index contributed by atoms with van der Waals surface area (Å²) in [5.74, 6) is 0.319.